The molecule has 0 N–H and O–H groups in total. The smallest absolute Gasteiger partial charge is 0.434 e. The van der Waals surface area contributed by atoms with Gasteiger partial charge in [0, 0.05) is 11.8 Å². The predicted octanol–water partition coefficient (Wildman–Crippen LogP) is 3.57. The van der Waals surface area contributed by atoms with Gasteiger partial charge < -0.3 is 9.47 Å². The van der Waals surface area contributed by atoms with Crippen LogP contribution in [-0.4, -0.2) is 40.9 Å². The summed E-state index contributed by atoms with van der Waals surface area (Å²) in [5.74, 6) is -0.289. The van der Waals surface area contributed by atoms with Crippen LogP contribution in [0.3, 0.4) is 0 Å². The largest absolute Gasteiger partial charge is 0.464 e. The first-order chi connectivity index (χ1) is 11.1. The normalized spacial score (nSPS) is 21.2. The van der Waals surface area contributed by atoms with Crippen LogP contribution in [0, 0.1) is 5.92 Å². The third-order valence-corrected chi connectivity index (χ3v) is 4.47. The second-order valence-corrected chi connectivity index (χ2v) is 7.90. The maximum atomic E-state index is 12.4. The third-order valence-electron chi connectivity index (χ3n) is 3.53. The molecule has 0 bridgehead atoms. The summed E-state index contributed by atoms with van der Waals surface area (Å²) in [7, 11) is 1.31. The lowest BCUT2D eigenvalue weighted by Crippen LogP contribution is -2.41. The Morgan fingerprint density at radius 2 is 2.08 bits per heavy atom. The van der Waals surface area contributed by atoms with Gasteiger partial charge in [0.25, 0.3) is 0 Å². The Balaban J connectivity index is 2.16. The Labute approximate surface area is 145 Å². The number of methoxy groups -OCH3 is 1. The van der Waals surface area contributed by atoms with Crippen molar-refractivity contribution in [2.24, 2.45) is 5.92 Å². The standard InChI is InChI=1S/C16H24N2O5S/c1-9(2)11-7-12(13-17-10(8-24-13)14(19)21-6)23-18(11)15(20)22-16(3,4)5/h8-9,11-12H,7H2,1-6H3. The molecule has 2 rings (SSSR count). The summed E-state index contributed by atoms with van der Waals surface area (Å²) < 4.78 is 10.1. The molecular formula is C16H24N2O5S. The minimum atomic E-state index is -0.598. The zero-order valence-electron chi connectivity index (χ0n) is 14.9. The first-order valence-electron chi connectivity index (χ1n) is 7.85. The lowest BCUT2D eigenvalue weighted by molar-refractivity contribution is -0.156. The molecule has 134 valence electrons. The molecule has 1 saturated heterocycles. The molecule has 0 aliphatic carbocycles. The number of ether oxygens (including phenoxy) is 2. The second kappa shape index (κ2) is 7.06. The summed E-state index contributed by atoms with van der Waals surface area (Å²) in [6.07, 6.45) is -0.285. The minimum Gasteiger partial charge on any atom is -0.464 e. The summed E-state index contributed by atoms with van der Waals surface area (Å²) in [6, 6.07) is -0.115. The van der Waals surface area contributed by atoms with Crippen LogP contribution < -0.4 is 0 Å². The quantitative estimate of drug-likeness (QED) is 0.771. The molecule has 1 amide bonds. The fourth-order valence-electron chi connectivity index (χ4n) is 2.38. The number of carbonyl (C=O) groups is 2. The summed E-state index contributed by atoms with van der Waals surface area (Å²) in [5, 5.41) is 3.58. The monoisotopic (exact) mass is 356 g/mol. The van der Waals surface area contributed by atoms with Crippen LogP contribution in [0.5, 0.6) is 0 Å². The zero-order chi connectivity index (χ0) is 18.1. The van der Waals surface area contributed by atoms with Crippen LogP contribution in [0.15, 0.2) is 5.38 Å². The number of carbonyl (C=O) groups excluding carboxylic acids is 2. The van der Waals surface area contributed by atoms with Gasteiger partial charge in [-0.1, -0.05) is 13.8 Å². The van der Waals surface area contributed by atoms with E-state index in [1.807, 2.05) is 34.6 Å². The van der Waals surface area contributed by atoms with E-state index in [0.29, 0.717) is 11.4 Å². The van der Waals surface area contributed by atoms with E-state index in [2.05, 4.69) is 9.72 Å². The highest BCUT2D eigenvalue weighted by Gasteiger charge is 2.42. The zero-order valence-corrected chi connectivity index (χ0v) is 15.7. The van der Waals surface area contributed by atoms with E-state index in [4.69, 9.17) is 9.57 Å². The van der Waals surface area contributed by atoms with E-state index in [-0.39, 0.29) is 23.8 Å². The van der Waals surface area contributed by atoms with Gasteiger partial charge in [-0.05, 0) is 26.7 Å². The van der Waals surface area contributed by atoms with Gasteiger partial charge >= 0.3 is 12.1 Å². The molecule has 0 aromatic carbocycles. The molecule has 2 unspecified atom stereocenters. The number of hydrogen-bond donors (Lipinski definition) is 0. The van der Waals surface area contributed by atoms with E-state index in [1.165, 1.54) is 23.5 Å². The lowest BCUT2D eigenvalue weighted by atomic mass is 9.99. The highest BCUT2D eigenvalue weighted by Crippen LogP contribution is 2.38. The van der Waals surface area contributed by atoms with Crippen LogP contribution in [0.2, 0.25) is 0 Å². The molecule has 8 heteroatoms. The van der Waals surface area contributed by atoms with Crippen molar-refractivity contribution in [2.75, 3.05) is 7.11 Å². The minimum absolute atomic E-state index is 0.115. The third kappa shape index (κ3) is 4.24. The number of thiazole rings is 1. The van der Waals surface area contributed by atoms with Crippen molar-refractivity contribution in [2.45, 2.75) is 58.8 Å². The van der Waals surface area contributed by atoms with Crippen molar-refractivity contribution in [1.29, 1.82) is 0 Å². The highest BCUT2D eigenvalue weighted by molar-refractivity contribution is 7.09. The first-order valence-corrected chi connectivity index (χ1v) is 8.73. The average molecular weight is 356 g/mol. The molecule has 0 spiro atoms. The van der Waals surface area contributed by atoms with Crippen molar-refractivity contribution in [1.82, 2.24) is 10.0 Å². The maximum Gasteiger partial charge on any atom is 0.434 e. The van der Waals surface area contributed by atoms with Crippen LogP contribution >= 0.6 is 11.3 Å². The molecule has 0 saturated carbocycles. The Bertz CT molecular complexity index is 608. The molecule has 0 radical (unpaired) electrons. The first kappa shape index (κ1) is 18.7. The fourth-order valence-corrected chi connectivity index (χ4v) is 3.20. The molecule has 24 heavy (non-hydrogen) atoms. The van der Waals surface area contributed by atoms with Crippen molar-refractivity contribution in [3.63, 3.8) is 0 Å². The van der Waals surface area contributed by atoms with Gasteiger partial charge in [0.1, 0.15) is 16.7 Å². The Kier molecular flexibility index (Phi) is 5.49. The topological polar surface area (TPSA) is 78.0 Å². The maximum absolute atomic E-state index is 12.4. The van der Waals surface area contributed by atoms with Gasteiger partial charge in [-0.15, -0.1) is 11.3 Å². The number of hydrogen-bond acceptors (Lipinski definition) is 7. The lowest BCUT2D eigenvalue weighted by Gasteiger charge is -2.28. The van der Waals surface area contributed by atoms with Crippen LogP contribution in [0.1, 0.15) is 62.6 Å². The van der Waals surface area contributed by atoms with Crippen molar-refractivity contribution < 1.29 is 23.9 Å². The molecule has 1 aromatic rings. The van der Waals surface area contributed by atoms with E-state index in [1.54, 1.807) is 5.38 Å². The second-order valence-electron chi connectivity index (χ2n) is 7.01. The van der Waals surface area contributed by atoms with Gasteiger partial charge in [-0.2, -0.15) is 5.06 Å². The molecular weight excluding hydrogens is 332 g/mol. The van der Waals surface area contributed by atoms with Crippen LogP contribution in [-0.2, 0) is 14.3 Å². The van der Waals surface area contributed by atoms with Gasteiger partial charge in [0.15, 0.2) is 5.69 Å². The van der Waals surface area contributed by atoms with Crippen LogP contribution in [0.4, 0.5) is 4.79 Å². The van der Waals surface area contributed by atoms with Gasteiger partial charge in [0.2, 0.25) is 0 Å². The van der Waals surface area contributed by atoms with Crippen molar-refractivity contribution >= 4 is 23.4 Å². The SMILES string of the molecule is COC(=O)c1csc(C2CC(C(C)C)N(C(=O)OC(C)(C)C)O2)n1. The van der Waals surface area contributed by atoms with E-state index >= 15 is 0 Å². The molecule has 7 nitrogen and oxygen atoms in total. The molecule has 1 aliphatic rings. The van der Waals surface area contributed by atoms with Gasteiger partial charge in [-0.3, -0.25) is 4.84 Å². The van der Waals surface area contributed by atoms with Crippen LogP contribution in [0.25, 0.3) is 0 Å². The molecule has 1 fully saturated rings. The average Bonchev–Trinajstić information content (AvgIpc) is 3.11. The van der Waals surface area contributed by atoms with Crippen molar-refractivity contribution in [3.05, 3.63) is 16.1 Å². The Hall–Kier alpha value is -1.67. The van der Waals surface area contributed by atoms with E-state index < -0.39 is 17.7 Å². The van der Waals surface area contributed by atoms with Gasteiger partial charge in [0.05, 0.1) is 13.2 Å². The number of amides is 1. The Morgan fingerprint density at radius 1 is 1.42 bits per heavy atom. The number of esters is 1. The number of nitrogens with zero attached hydrogens (tertiary/aromatic N) is 2. The summed E-state index contributed by atoms with van der Waals surface area (Å²) >= 11 is 1.32. The Morgan fingerprint density at radius 3 is 2.62 bits per heavy atom. The molecule has 1 aromatic heterocycles. The van der Waals surface area contributed by atoms with E-state index in [9.17, 15) is 9.59 Å². The number of hydroxylamine groups is 2. The number of aromatic nitrogens is 1. The fraction of sp³-hybridized carbons (Fsp3) is 0.688. The van der Waals surface area contributed by atoms with Crippen molar-refractivity contribution in [3.8, 4) is 0 Å². The van der Waals surface area contributed by atoms with E-state index in [0.717, 1.165) is 0 Å². The summed E-state index contributed by atoms with van der Waals surface area (Å²) in [4.78, 5) is 34.0. The molecule has 2 atom stereocenters. The molecule has 2 heterocycles. The highest BCUT2D eigenvalue weighted by atomic mass is 32.1. The predicted molar refractivity (Wildman–Crippen MR) is 88.6 cm³/mol. The summed E-state index contributed by atoms with van der Waals surface area (Å²) in [5.41, 5.74) is -0.350. The summed E-state index contributed by atoms with van der Waals surface area (Å²) in [6.45, 7) is 9.48. The number of rotatable bonds is 3. The van der Waals surface area contributed by atoms with Gasteiger partial charge in [-0.25, -0.2) is 14.6 Å². The molecule has 1 aliphatic heterocycles.